The average Bonchev–Trinajstić information content (AvgIpc) is 2.66. The summed E-state index contributed by atoms with van der Waals surface area (Å²) in [6, 6.07) is 5.25. The highest BCUT2D eigenvalue weighted by molar-refractivity contribution is 7.92. The van der Waals surface area contributed by atoms with E-state index < -0.39 is 31.8 Å². The zero-order chi connectivity index (χ0) is 20.8. The van der Waals surface area contributed by atoms with E-state index in [1.165, 1.54) is 13.3 Å². The van der Waals surface area contributed by atoms with Crippen molar-refractivity contribution in [3.63, 3.8) is 0 Å². The number of aromatic nitrogens is 2. The van der Waals surface area contributed by atoms with Gasteiger partial charge in [0.05, 0.1) is 12.2 Å². The van der Waals surface area contributed by atoms with Gasteiger partial charge in [-0.1, -0.05) is 6.07 Å². The van der Waals surface area contributed by atoms with Crippen LogP contribution in [0.25, 0.3) is 0 Å². The number of nitrogens with zero attached hydrogens (tertiary/aromatic N) is 2. The molecule has 2 aromatic heterocycles. The molecule has 0 aliphatic carbocycles. The van der Waals surface area contributed by atoms with Crippen molar-refractivity contribution < 1.29 is 35.9 Å². The number of methoxy groups -OCH3 is 1. The molecular formula is C16H16F3N3O5S. The minimum atomic E-state index is -5.76. The predicted molar refractivity (Wildman–Crippen MR) is 90.3 cm³/mol. The fourth-order valence-corrected chi connectivity index (χ4v) is 2.86. The fourth-order valence-electron chi connectivity index (χ4n) is 2.00. The summed E-state index contributed by atoms with van der Waals surface area (Å²) in [5.74, 6) is -0.686. The molecule has 0 radical (unpaired) electrons. The Morgan fingerprint density at radius 3 is 2.54 bits per heavy atom. The average molecular weight is 419 g/mol. The molecular weight excluding hydrogens is 403 g/mol. The molecule has 2 heterocycles. The van der Waals surface area contributed by atoms with E-state index in [1.54, 1.807) is 12.1 Å². The third-order valence-corrected chi connectivity index (χ3v) is 4.81. The number of pyridine rings is 2. The standard InChI is InChI=1S/C16H16F3N3O5S/c1-26-7-8-27-13-5-4-11(9-21-13)10-22-14(23)12-3-2-6-20-15(12)28(24,25)16(17,18)19/h2-6,9H,7-8,10H2,1H3,(H,22,23). The van der Waals surface area contributed by atoms with Crippen LogP contribution in [0.15, 0.2) is 41.7 Å². The SMILES string of the molecule is COCCOc1ccc(CNC(=O)c2cccnc2S(=O)(=O)C(F)(F)F)cn1. The molecule has 0 saturated heterocycles. The summed E-state index contributed by atoms with van der Waals surface area (Å²) < 4.78 is 71.6. The highest BCUT2D eigenvalue weighted by Crippen LogP contribution is 2.30. The van der Waals surface area contributed by atoms with Crippen molar-refractivity contribution in [2.75, 3.05) is 20.3 Å². The summed E-state index contributed by atoms with van der Waals surface area (Å²) >= 11 is 0. The van der Waals surface area contributed by atoms with E-state index in [4.69, 9.17) is 9.47 Å². The third-order valence-electron chi connectivity index (χ3n) is 3.36. The van der Waals surface area contributed by atoms with Crippen LogP contribution in [0.2, 0.25) is 0 Å². The van der Waals surface area contributed by atoms with Crippen LogP contribution in [0.4, 0.5) is 13.2 Å². The fraction of sp³-hybridized carbons (Fsp3) is 0.312. The second-order valence-corrected chi connectivity index (χ2v) is 7.19. The summed E-state index contributed by atoms with van der Waals surface area (Å²) in [7, 11) is -4.24. The molecule has 0 saturated carbocycles. The minimum Gasteiger partial charge on any atom is -0.475 e. The number of ether oxygens (including phenoxy) is 2. The first-order valence-electron chi connectivity index (χ1n) is 7.78. The number of rotatable bonds is 8. The van der Waals surface area contributed by atoms with Crippen molar-refractivity contribution in [1.82, 2.24) is 15.3 Å². The lowest BCUT2D eigenvalue weighted by Gasteiger charge is -2.12. The maximum absolute atomic E-state index is 12.8. The Labute approximate surface area is 158 Å². The van der Waals surface area contributed by atoms with Crippen molar-refractivity contribution in [2.24, 2.45) is 0 Å². The van der Waals surface area contributed by atoms with Gasteiger partial charge in [-0.15, -0.1) is 0 Å². The Morgan fingerprint density at radius 2 is 1.93 bits per heavy atom. The Morgan fingerprint density at radius 1 is 1.18 bits per heavy atom. The number of hydrogen-bond donors (Lipinski definition) is 1. The van der Waals surface area contributed by atoms with Crippen LogP contribution in [-0.4, -0.2) is 50.1 Å². The first-order chi connectivity index (χ1) is 13.2. The number of halogens is 3. The Balaban J connectivity index is 2.08. The van der Waals surface area contributed by atoms with Gasteiger partial charge in [0.15, 0.2) is 5.03 Å². The molecule has 1 N–H and O–H groups in total. The number of nitrogens with one attached hydrogen (secondary N) is 1. The van der Waals surface area contributed by atoms with Gasteiger partial charge >= 0.3 is 5.51 Å². The summed E-state index contributed by atoms with van der Waals surface area (Å²) in [4.78, 5) is 19.4. The lowest BCUT2D eigenvalue weighted by Crippen LogP contribution is -2.30. The van der Waals surface area contributed by atoms with Gasteiger partial charge in [-0.05, 0) is 17.7 Å². The molecule has 28 heavy (non-hydrogen) atoms. The number of hydrogen-bond acceptors (Lipinski definition) is 7. The molecule has 0 bridgehead atoms. The number of sulfone groups is 1. The first kappa shape index (κ1) is 21.6. The summed E-state index contributed by atoms with van der Waals surface area (Å²) in [6.07, 6.45) is 2.26. The molecule has 2 aromatic rings. The van der Waals surface area contributed by atoms with Crippen LogP contribution >= 0.6 is 0 Å². The molecule has 0 aliphatic rings. The summed E-state index contributed by atoms with van der Waals surface area (Å²) in [5.41, 5.74) is -5.75. The quantitative estimate of drug-likeness (QED) is 0.649. The van der Waals surface area contributed by atoms with Crippen molar-refractivity contribution in [3.8, 4) is 5.88 Å². The molecule has 0 atom stereocenters. The van der Waals surface area contributed by atoms with Crippen LogP contribution < -0.4 is 10.1 Å². The second kappa shape index (κ2) is 8.97. The molecule has 0 aliphatic heterocycles. The Bertz CT molecular complexity index is 918. The molecule has 2 rings (SSSR count). The van der Waals surface area contributed by atoms with Gasteiger partial charge in [0.2, 0.25) is 5.88 Å². The largest absolute Gasteiger partial charge is 0.503 e. The van der Waals surface area contributed by atoms with E-state index in [0.29, 0.717) is 24.7 Å². The zero-order valence-electron chi connectivity index (χ0n) is 14.6. The van der Waals surface area contributed by atoms with Gasteiger partial charge in [-0.2, -0.15) is 13.2 Å². The molecule has 0 unspecified atom stereocenters. The monoisotopic (exact) mass is 419 g/mol. The van der Waals surface area contributed by atoms with Gasteiger partial charge in [0.25, 0.3) is 15.7 Å². The van der Waals surface area contributed by atoms with E-state index >= 15 is 0 Å². The van der Waals surface area contributed by atoms with Crippen molar-refractivity contribution in [3.05, 3.63) is 47.8 Å². The third kappa shape index (κ3) is 5.16. The van der Waals surface area contributed by atoms with E-state index in [9.17, 15) is 26.4 Å². The van der Waals surface area contributed by atoms with Crippen molar-refractivity contribution in [2.45, 2.75) is 17.1 Å². The van der Waals surface area contributed by atoms with Crippen LogP contribution in [0.5, 0.6) is 5.88 Å². The number of carbonyl (C=O) groups excluding carboxylic acids is 1. The highest BCUT2D eigenvalue weighted by atomic mass is 32.2. The second-order valence-electron chi connectivity index (χ2n) is 5.33. The molecule has 0 spiro atoms. The van der Waals surface area contributed by atoms with E-state index in [-0.39, 0.29) is 6.54 Å². The first-order valence-corrected chi connectivity index (χ1v) is 9.26. The minimum absolute atomic E-state index is 0.0927. The van der Waals surface area contributed by atoms with Crippen LogP contribution in [-0.2, 0) is 21.1 Å². The zero-order valence-corrected chi connectivity index (χ0v) is 15.4. The predicted octanol–water partition coefficient (Wildman–Crippen LogP) is 1.73. The van der Waals surface area contributed by atoms with E-state index in [0.717, 1.165) is 18.3 Å². The normalized spacial score (nSPS) is 11.9. The molecule has 12 heteroatoms. The maximum Gasteiger partial charge on any atom is 0.503 e. The highest BCUT2D eigenvalue weighted by Gasteiger charge is 2.49. The Hall–Kier alpha value is -2.73. The number of alkyl halides is 3. The summed E-state index contributed by atoms with van der Waals surface area (Å²) in [5, 5.41) is 0.992. The lowest BCUT2D eigenvalue weighted by molar-refractivity contribution is -0.0438. The van der Waals surface area contributed by atoms with Crippen LogP contribution in [0.1, 0.15) is 15.9 Å². The van der Waals surface area contributed by atoms with Gasteiger partial charge in [0, 0.05) is 32.1 Å². The van der Waals surface area contributed by atoms with Crippen molar-refractivity contribution in [1.29, 1.82) is 0 Å². The molecule has 8 nitrogen and oxygen atoms in total. The van der Waals surface area contributed by atoms with Gasteiger partial charge in [-0.3, -0.25) is 4.79 Å². The van der Waals surface area contributed by atoms with E-state index in [2.05, 4.69) is 15.3 Å². The van der Waals surface area contributed by atoms with Crippen LogP contribution in [0.3, 0.4) is 0 Å². The topological polar surface area (TPSA) is 107 Å². The molecule has 0 aromatic carbocycles. The Kier molecular flexibility index (Phi) is 6.91. The van der Waals surface area contributed by atoms with Gasteiger partial charge < -0.3 is 14.8 Å². The maximum atomic E-state index is 12.8. The van der Waals surface area contributed by atoms with Gasteiger partial charge in [-0.25, -0.2) is 18.4 Å². The number of carbonyl (C=O) groups is 1. The van der Waals surface area contributed by atoms with Crippen molar-refractivity contribution >= 4 is 15.7 Å². The lowest BCUT2D eigenvalue weighted by atomic mass is 10.2. The smallest absolute Gasteiger partial charge is 0.475 e. The molecule has 1 amide bonds. The molecule has 152 valence electrons. The van der Waals surface area contributed by atoms with Gasteiger partial charge in [0.1, 0.15) is 6.61 Å². The molecule has 0 fully saturated rings. The van der Waals surface area contributed by atoms with E-state index in [1.807, 2.05) is 0 Å². The summed E-state index contributed by atoms with van der Waals surface area (Å²) in [6.45, 7) is 0.593. The number of amides is 1. The van der Waals surface area contributed by atoms with Crippen LogP contribution in [0, 0.1) is 0 Å².